The van der Waals surface area contributed by atoms with Crippen LogP contribution in [0.25, 0.3) is 21.3 Å². The lowest BCUT2D eigenvalue weighted by molar-refractivity contribution is -0.117. The Bertz CT molecular complexity index is 1110. The molecule has 0 bridgehead atoms. The van der Waals surface area contributed by atoms with Crippen LogP contribution in [-0.4, -0.2) is 44.8 Å². The summed E-state index contributed by atoms with van der Waals surface area (Å²) in [6.07, 6.45) is 7.54. The number of aliphatic hydroxyl groups excluding tert-OH is 1. The van der Waals surface area contributed by atoms with Crippen LogP contribution in [0.4, 0.5) is 5.13 Å². The first kappa shape index (κ1) is 21.2. The number of carbonyl (C=O) groups excluding carboxylic acids is 1. The highest BCUT2D eigenvalue weighted by Gasteiger charge is 2.30. The van der Waals surface area contributed by atoms with Crippen LogP contribution in [0.3, 0.4) is 0 Å². The molecule has 0 unspecified atom stereocenters. The van der Waals surface area contributed by atoms with E-state index in [1.165, 1.54) is 11.3 Å². The third-order valence-electron chi connectivity index (χ3n) is 5.84. The first-order chi connectivity index (χ1) is 15.6. The molecule has 2 N–H and O–H groups in total. The van der Waals surface area contributed by atoms with Crippen LogP contribution >= 0.6 is 11.3 Å². The van der Waals surface area contributed by atoms with Crippen molar-refractivity contribution in [2.75, 3.05) is 11.9 Å². The number of aliphatic hydroxyl groups is 1. The Balaban J connectivity index is 1.37. The van der Waals surface area contributed by atoms with Crippen molar-refractivity contribution in [1.29, 1.82) is 0 Å². The van der Waals surface area contributed by atoms with Gasteiger partial charge in [0.15, 0.2) is 11.0 Å². The van der Waals surface area contributed by atoms with E-state index in [4.69, 9.17) is 9.47 Å². The van der Waals surface area contributed by atoms with Gasteiger partial charge in [0.1, 0.15) is 12.4 Å². The van der Waals surface area contributed by atoms with Gasteiger partial charge in [-0.05, 0) is 51.2 Å². The highest BCUT2D eigenvalue weighted by atomic mass is 32.1. The van der Waals surface area contributed by atoms with E-state index in [1.54, 1.807) is 12.4 Å². The Morgan fingerprint density at radius 2 is 2.03 bits per heavy atom. The van der Waals surface area contributed by atoms with Gasteiger partial charge >= 0.3 is 0 Å². The second-order valence-electron chi connectivity index (χ2n) is 8.24. The SMILES string of the molecule is CCOc1c(-c2cnc(CO[C@H]3CCC[C@@H]3O)nc2)ccc2nc(NC(=O)C3CC3)sc12. The number of benzene rings is 1. The summed E-state index contributed by atoms with van der Waals surface area (Å²) in [5.74, 6) is 1.46. The predicted octanol–water partition coefficient (Wildman–Crippen LogP) is 3.93. The zero-order valence-electron chi connectivity index (χ0n) is 17.9. The molecule has 2 fully saturated rings. The van der Waals surface area contributed by atoms with Gasteiger partial charge < -0.3 is 19.9 Å². The molecule has 2 aliphatic carbocycles. The van der Waals surface area contributed by atoms with Gasteiger partial charge in [-0.25, -0.2) is 15.0 Å². The molecule has 2 atom stereocenters. The number of thiazole rings is 1. The number of rotatable bonds is 8. The molecule has 8 nitrogen and oxygen atoms in total. The third kappa shape index (κ3) is 4.46. The second-order valence-corrected chi connectivity index (χ2v) is 9.24. The first-order valence-corrected chi connectivity index (χ1v) is 11.9. The number of amides is 1. The molecule has 0 radical (unpaired) electrons. The molecule has 2 heterocycles. The molecule has 2 aliphatic rings. The van der Waals surface area contributed by atoms with Crippen LogP contribution in [0.5, 0.6) is 5.75 Å². The predicted molar refractivity (Wildman–Crippen MR) is 122 cm³/mol. The van der Waals surface area contributed by atoms with Crippen LogP contribution in [0.15, 0.2) is 24.5 Å². The topological polar surface area (TPSA) is 106 Å². The van der Waals surface area contributed by atoms with E-state index in [1.807, 2.05) is 19.1 Å². The molecule has 5 rings (SSSR count). The molecule has 0 spiro atoms. The van der Waals surface area contributed by atoms with Gasteiger partial charge in [0.05, 0.1) is 29.0 Å². The number of anilines is 1. The molecule has 0 saturated heterocycles. The molecule has 32 heavy (non-hydrogen) atoms. The molecule has 168 valence electrons. The number of ether oxygens (including phenoxy) is 2. The minimum atomic E-state index is -0.395. The number of nitrogens with zero attached hydrogens (tertiary/aromatic N) is 3. The first-order valence-electron chi connectivity index (χ1n) is 11.1. The van der Waals surface area contributed by atoms with Crippen molar-refractivity contribution in [2.24, 2.45) is 5.92 Å². The van der Waals surface area contributed by atoms with E-state index in [2.05, 4.69) is 20.3 Å². The number of fused-ring (bicyclic) bond motifs is 1. The average Bonchev–Trinajstić information content (AvgIpc) is 3.45. The zero-order chi connectivity index (χ0) is 22.1. The number of carbonyl (C=O) groups is 1. The Morgan fingerprint density at radius 1 is 1.22 bits per heavy atom. The Morgan fingerprint density at radius 3 is 2.72 bits per heavy atom. The lowest BCUT2D eigenvalue weighted by Crippen LogP contribution is -2.22. The van der Waals surface area contributed by atoms with Crippen molar-refractivity contribution in [1.82, 2.24) is 15.0 Å². The fourth-order valence-electron chi connectivity index (χ4n) is 3.94. The molecule has 2 aromatic heterocycles. The van der Waals surface area contributed by atoms with Gasteiger partial charge in [-0.3, -0.25) is 4.79 Å². The smallest absolute Gasteiger partial charge is 0.229 e. The minimum absolute atomic E-state index is 0.0403. The fourth-order valence-corrected chi connectivity index (χ4v) is 4.91. The fraction of sp³-hybridized carbons (Fsp3) is 0.478. The van der Waals surface area contributed by atoms with E-state index < -0.39 is 6.10 Å². The molecular formula is C23H26N4O4S. The lowest BCUT2D eigenvalue weighted by atomic mass is 10.1. The molecule has 1 aromatic carbocycles. The minimum Gasteiger partial charge on any atom is -0.492 e. The van der Waals surface area contributed by atoms with E-state index in [9.17, 15) is 9.90 Å². The summed E-state index contributed by atoms with van der Waals surface area (Å²) in [5, 5.41) is 13.4. The van der Waals surface area contributed by atoms with Crippen LogP contribution in [0, 0.1) is 5.92 Å². The maximum Gasteiger partial charge on any atom is 0.229 e. The third-order valence-corrected chi connectivity index (χ3v) is 6.82. The monoisotopic (exact) mass is 454 g/mol. The van der Waals surface area contributed by atoms with Crippen molar-refractivity contribution in [3.8, 4) is 16.9 Å². The van der Waals surface area contributed by atoms with Gasteiger partial charge in [0.2, 0.25) is 5.91 Å². The summed E-state index contributed by atoms with van der Waals surface area (Å²) in [6, 6.07) is 3.87. The van der Waals surface area contributed by atoms with E-state index in [0.29, 0.717) is 17.6 Å². The Kier molecular flexibility index (Phi) is 6.03. The highest BCUT2D eigenvalue weighted by Crippen LogP contribution is 2.41. The molecule has 1 amide bonds. The lowest BCUT2D eigenvalue weighted by Gasteiger charge is -2.15. The summed E-state index contributed by atoms with van der Waals surface area (Å²) in [6.45, 7) is 2.72. The normalized spacial score (nSPS) is 20.6. The van der Waals surface area contributed by atoms with Crippen LogP contribution in [-0.2, 0) is 16.1 Å². The average molecular weight is 455 g/mol. The maximum absolute atomic E-state index is 12.1. The number of hydrogen-bond donors (Lipinski definition) is 2. The van der Waals surface area contributed by atoms with Crippen LogP contribution in [0.2, 0.25) is 0 Å². The number of aromatic nitrogens is 3. The van der Waals surface area contributed by atoms with Crippen LogP contribution in [0.1, 0.15) is 44.9 Å². The quantitative estimate of drug-likeness (QED) is 0.531. The van der Waals surface area contributed by atoms with Crippen LogP contribution < -0.4 is 10.1 Å². The van der Waals surface area contributed by atoms with Gasteiger partial charge in [0, 0.05) is 29.4 Å². The summed E-state index contributed by atoms with van der Waals surface area (Å²) in [5.41, 5.74) is 2.49. The zero-order valence-corrected chi connectivity index (χ0v) is 18.7. The molecular weight excluding hydrogens is 428 g/mol. The van der Waals surface area contributed by atoms with E-state index in [-0.39, 0.29) is 24.5 Å². The summed E-state index contributed by atoms with van der Waals surface area (Å²) in [4.78, 5) is 25.6. The molecule has 2 saturated carbocycles. The second kappa shape index (κ2) is 9.09. The van der Waals surface area contributed by atoms with Gasteiger partial charge in [0.25, 0.3) is 0 Å². The van der Waals surface area contributed by atoms with E-state index in [0.717, 1.165) is 59.2 Å². The molecule has 3 aromatic rings. The van der Waals surface area contributed by atoms with E-state index >= 15 is 0 Å². The van der Waals surface area contributed by atoms with Crippen molar-refractivity contribution >= 4 is 32.6 Å². The maximum atomic E-state index is 12.1. The van der Waals surface area contributed by atoms with Crippen molar-refractivity contribution in [3.63, 3.8) is 0 Å². The van der Waals surface area contributed by atoms with Crippen molar-refractivity contribution < 1.29 is 19.4 Å². The van der Waals surface area contributed by atoms with Gasteiger partial charge in [-0.1, -0.05) is 11.3 Å². The molecule has 9 heteroatoms. The van der Waals surface area contributed by atoms with Gasteiger partial charge in [-0.15, -0.1) is 0 Å². The van der Waals surface area contributed by atoms with Crippen molar-refractivity contribution in [3.05, 3.63) is 30.4 Å². The summed E-state index contributed by atoms with van der Waals surface area (Å²) in [7, 11) is 0. The summed E-state index contributed by atoms with van der Waals surface area (Å²) < 4.78 is 12.7. The number of hydrogen-bond acceptors (Lipinski definition) is 8. The Hall–Kier alpha value is -2.62. The molecule has 0 aliphatic heterocycles. The van der Waals surface area contributed by atoms with Gasteiger partial charge in [-0.2, -0.15) is 0 Å². The number of nitrogens with one attached hydrogen (secondary N) is 1. The summed E-state index contributed by atoms with van der Waals surface area (Å²) >= 11 is 1.42. The highest BCUT2D eigenvalue weighted by molar-refractivity contribution is 7.22. The van der Waals surface area contributed by atoms with Crippen molar-refractivity contribution in [2.45, 2.75) is 57.8 Å². The largest absolute Gasteiger partial charge is 0.492 e. The Labute approximate surface area is 190 Å². The standard InChI is InChI=1S/C23H26N4O4S/c1-2-30-20-15(8-9-16-21(20)32-23(26-16)27-22(29)13-6-7-13)14-10-24-19(25-11-14)12-31-18-5-3-4-17(18)28/h8-11,13,17-18,28H,2-7,12H2,1H3,(H,26,27,29)/t17-,18-/m0/s1.